The van der Waals surface area contributed by atoms with E-state index in [1.54, 1.807) is 30.3 Å². The molecule has 0 bridgehead atoms. The van der Waals surface area contributed by atoms with Crippen LogP contribution in [0.3, 0.4) is 0 Å². The maximum atomic E-state index is 11.8. The Labute approximate surface area is 110 Å². The molecule has 0 atom stereocenters. The summed E-state index contributed by atoms with van der Waals surface area (Å²) in [6.07, 6.45) is 0. The minimum atomic E-state index is -0.315. The Balaban J connectivity index is 0.00000144. The van der Waals surface area contributed by atoms with Crippen LogP contribution in [0.4, 0.5) is 5.69 Å². The molecular weight excluding hydrogens is 254 g/mol. The number of amides is 1. The fraction of sp³-hybridized carbons (Fsp3) is 0. The van der Waals surface area contributed by atoms with Gasteiger partial charge in [-0.05, 0) is 24.3 Å². The van der Waals surface area contributed by atoms with Crippen LogP contribution < -0.4 is 5.32 Å². The molecule has 0 aliphatic rings. The molecular formula is C13H11CrNO2. The van der Waals surface area contributed by atoms with Gasteiger partial charge in [0.15, 0.2) is 0 Å². The summed E-state index contributed by atoms with van der Waals surface area (Å²) in [5.41, 5.74) is 0.974. The number of aromatic hydroxyl groups is 1. The predicted molar refractivity (Wildman–Crippen MR) is 62.5 cm³/mol. The normalized spacial score (nSPS) is 9.18. The van der Waals surface area contributed by atoms with Gasteiger partial charge in [0.05, 0.1) is 5.56 Å². The van der Waals surface area contributed by atoms with Gasteiger partial charge in [0.25, 0.3) is 5.91 Å². The number of carbonyl (C=O) groups is 1. The summed E-state index contributed by atoms with van der Waals surface area (Å²) in [5, 5.41) is 12.2. The Bertz CT molecular complexity index is 500. The van der Waals surface area contributed by atoms with Crippen molar-refractivity contribution in [1.82, 2.24) is 0 Å². The number of hydrogen-bond acceptors (Lipinski definition) is 2. The fourth-order valence-electron chi connectivity index (χ4n) is 1.39. The zero-order valence-corrected chi connectivity index (χ0v) is 10.2. The smallest absolute Gasteiger partial charge is 0.259 e. The van der Waals surface area contributed by atoms with Crippen LogP contribution in [0.15, 0.2) is 54.6 Å². The van der Waals surface area contributed by atoms with Crippen LogP contribution in [-0.4, -0.2) is 11.0 Å². The van der Waals surface area contributed by atoms with Gasteiger partial charge in [-0.15, -0.1) is 0 Å². The summed E-state index contributed by atoms with van der Waals surface area (Å²) >= 11 is 0. The Hall–Kier alpha value is -1.76. The second kappa shape index (κ2) is 6.10. The molecule has 2 aromatic carbocycles. The van der Waals surface area contributed by atoms with Crippen molar-refractivity contribution in [3.63, 3.8) is 0 Å². The van der Waals surface area contributed by atoms with Crippen LogP contribution in [-0.2, 0) is 17.4 Å². The van der Waals surface area contributed by atoms with E-state index < -0.39 is 0 Å². The van der Waals surface area contributed by atoms with E-state index in [1.165, 1.54) is 6.07 Å². The van der Waals surface area contributed by atoms with E-state index in [0.717, 1.165) is 0 Å². The number of benzene rings is 2. The third-order valence-corrected chi connectivity index (χ3v) is 2.18. The van der Waals surface area contributed by atoms with Gasteiger partial charge in [-0.3, -0.25) is 4.79 Å². The molecule has 1 amide bonds. The zero-order chi connectivity index (χ0) is 11.4. The largest absolute Gasteiger partial charge is 0.507 e. The first-order valence-electron chi connectivity index (χ1n) is 4.92. The summed E-state index contributed by atoms with van der Waals surface area (Å²) in [6, 6.07) is 15.6. The van der Waals surface area contributed by atoms with Gasteiger partial charge < -0.3 is 10.4 Å². The third-order valence-electron chi connectivity index (χ3n) is 2.18. The Morgan fingerprint density at radius 3 is 2.18 bits per heavy atom. The average molecular weight is 265 g/mol. The van der Waals surface area contributed by atoms with Crippen LogP contribution in [0.2, 0.25) is 0 Å². The first-order chi connectivity index (χ1) is 7.77. The molecule has 0 heterocycles. The number of phenolic OH excluding ortho intramolecular Hbond substituents is 1. The molecule has 86 valence electrons. The van der Waals surface area contributed by atoms with E-state index >= 15 is 0 Å². The average Bonchev–Trinajstić information content (AvgIpc) is 2.31. The molecule has 0 radical (unpaired) electrons. The van der Waals surface area contributed by atoms with Crippen molar-refractivity contribution in [2.24, 2.45) is 0 Å². The van der Waals surface area contributed by atoms with Gasteiger partial charge in [0.2, 0.25) is 0 Å². The summed E-state index contributed by atoms with van der Waals surface area (Å²) < 4.78 is 0. The molecule has 0 aliphatic carbocycles. The standard InChI is InChI=1S/C13H11NO2.Cr/c15-12-9-5-4-8-11(12)13(16)14-10-6-2-1-3-7-10;/h1-9,15H,(H,14,16);. The van der Waals surface area contributed by atoms with Crippen LogP contribution >= 0.6 is 0 Å². The predicted octanol–water partition coefficient (Wildman–Crippen LogP) is 2.64. The van der Waals surface area contributed by atoms with Crippen LogP contribution in [0, 0.1) is 0 Å². The minimum absolute atomic E-state index is 0. The SMILES string of the molecule is O=C(Nc1ccccc1)c1ccccc1O.[Cr]. The van der Waals surface area contributed by atoms with Gasteiger partial charge in [0, 0.05) is 23.0 Å². The maximum absolute atomic E-state index is 11.8. The quantitative estimate of drug-likeness (QED) is 0.877. The number of nitrogens with one attached hydrogen (secondary N) is 1. The number of para-hydroxylation sites is 2. The van der Waals surface area contributed by atoms with Gasteiger partial charge in [-0.25, -0.2) is 0 Å². The molecule has 0 fully saturated rings. The Morgan fingerprint density at radius 1 is 0.941 bits per heavy atom. The van der Waals surface area contributed by atoms with Crippen molar-refractivity contribution in [2.45, 2.75) is 0 Å². The van der Waals surface area contributed by atoms with E-state index in [0.29, 0.717) is 5.69 Å². The summed E-state index contributed by atoms with van der Waals surface area (Å²) in [7, 11) is 0. The van der Waals surface area contributed by atoms with Crippen molar-refractivity contribution in [3.05, 3.63) is 60.2 Å². The topological polar surface area (TPSA) is 49.3 Å². The van der Waals surface area contributed by atoms with Gasteiger partial charge in [-0.2, -0.15) is 0 Å². The minimum Gasteiger partial charge on any atom is -0.507 e. The molecule has 2 N–H and O–H groups in total. The molecule has 4 heteroatoms. The summed E-state index contributed by atoms with van der Waals surface area (Å²) in [4.78, 5) is 11.8. The van der Waals surface area contributed by atoms with E-state index in [9.17, 15) is 9.90 Å². The van der Waals surface area contributed by atoms with Crippen molar-refractivity contribution in [3.8, 4) is 5.75 Å². The zero-order valence-electron chi connectivity index (χ0n) is 8.96. The van der Waals surface area contributed by atoms with Crippen LogP contribution in [0.25, 0.3) is 0 Å². The van der Waals surface area contributed by atoms with Crippen molar-refractivity contribution in [2.75, 3.05) is 5.32 Å². The van der Waals surface area contributed by atoms with E-state index in [1.807, 2.05) is 18.2 Å². The van der Waals surface area contributed by atoms with Gasteiger partial charge in [0.1, 0.15) is 5.75 Å². The molecule has 0 unspecified atom stereocenters. The molecule has 2 rings (SSSR count). The van der Waals surface area contributed by atoms with Gasteiger partial charge in [-0.1, -0.05) is 30.3 Å². The van der Waals surface area contributed by atoms with E-state index in [2.05, 4.69) is 5.32 Å². The number of carbonyl (C=O) groups excluding carboxylic acids is 1. The molecule has 0 aliphatic heterocycles. The molecule has 2 aromatic rings. The van der Waals surface area contributed by atoms with Crippen molar-refractivity contribution >= 4 is 11.6 Å². The first-order valence-corrected chi connectivity index (χ1v) is 4.92. The first kappa shape index (κ1) is 13.3. The molecule has 0 spiro atoms. The second-order valence-electron chi connectivity index (χ2n) is 3.34. The Kier molecular flexibility index (Phi) is 4.77. The second-order valence-corrected chi connectivity index (χ2v) is 3.34. The number of rotatable bonds is 2. The number of hydrogen-bond donors (Lipinski definition) is 2. The summed E-state index contributed by atoms with van der Waals surface area (Å²) in [5.74, 6) is -0.333. The number of phenols is 1. The van der Waals surface area contributed by atoms with E-state index in [-0.39, 0.29) is 34.6 Å². The molecule has 3 nitrogen and oxygen atoms in total. The molecule has 0 saturated carbocycles. The van der Waals surface area contributed by atoms with Gasteiger partial charge >= 0.3 is 0 Å². The van der Waals surface area contributed by atoms with E-state index in [4.69, 9.17) is 0 Å². The van der Waals surface area contributed by atoms with Crippen LogP contribution in [0.5, 0.6) is 5.75 Å². The van der Waals surface area contributed by atoms with Crippen LogP contribution in [0.1, 0.15) is 10.4 Å². The fourth-order valence-corrected chi connectivity index (χ4v) is 1.39. The third kappa shape index (κ3) is 3.35. The monoisotopic (exact) mass is 265 g/mol. The Morgan fingerprint density at radius 2 is 1.53 bits per heavy atom. The van der Waals surface area contributed by atoms with Crippen molar-refractivity contribution in [1.29, 1.82) is 0 Å². The van der Waals surface area contributed by atoms with Crippen molar-refractivity contribution < 1.29 is 27.3 Å². The number of anilines is 1. The molecule has 0 saturated heterocycles. The maximum Gasteiger partial charge on any atom is 0.259 e. The molecule has 0 aromatic heterocycles. The molecule has 17 heavy (non-hydrogen) atoms. The summed E-state index contributed by atoms with van der Waals surface area (Å²) in [6.45, 7) is 0.